The Bertz CT molecular complexity index is 1200. The molecule has 0 bridgehead atoms. The minimum absolute atomic E-state index is 0.673. The van der Waals surface area contributed by atoms with Gasteiger partial charge in [0, 0.05) is 31.2 Å². The summed E-state index contributed by atoms with van der Waals surface area (Å²) in [7, 11) is 1.69. The number of nitrogens with zero attached hydrogens (tertiary/aromatic N) is 6. The van der Waals surface area contributed by atoms with Crippen molar-refractivity contribution in [2.75, 3.05) is 25.1 Å². The van der Waals surface area contributed by atoms with E-state index in [-0.39, 0.29) is 0 Å². The van der Waals surface area contributed by atoms with Gasteiger partial charge in [-0.1, -0.05) is 35.5 Å². The van der Waals surface area contributed by atoms with Crippen LogP contribution in [-0.2, 0) is 5.75 Å². The van der Waals surface area contributed by atoms with Crippen molar-refractivity contribution in [3.05, 3.63) is 59.5 Å². The van der Waals surface area contributed by atoms with Crippen molar-refractivity contribution < 1.29 is 4.74 Å². The third-order valence-electron chi connectivity index (χ3n) is 5.40. The zero-order valence-electron chi connectivity index (χ0n) is 17.2. The molecule has 0 spiro atoms. The molecule has 9 heteroatoms. The standard InChI is InChI=1S/C22H23ClN6OS/c1-30-19-8-4-3-7-18(19)29-21(27-11-5-2-6-12-27)25-26-22(29)31-15-17-14-28-13-16(23)9-10-20(28)24-17/h3-4,7-10,13-14H,2,5-6,11-12,15H2,1H3. The largest absolute Gasteiger partial charge is 0.495 e. The van der Waals surface area contributed by atoms with Crippen LogP contribution in [0.2, 0.25) is 5.02 Å². The third kappa shape index (κ3) is 4.09. The van der Waals surface area contributed by atoms with Crippen LogP contribution in [0.1, 0.15) is 25.0 Å². The van der Waals surface area contributed by atoms with Crippen LogP contribution in [0, 0.1) is 0 Å². The van der Waals surface area contributed by atoms with E-state index in [9.17, 15) is 0 Å². The summed E-state index contributed by atoms with van der Waals surface area (Å²) in [5.74, 6) is 2.34. The number of imidazole rings is 1. The van der Waals surface area contributed by atoms with E-state index in [0.717, 1.165) is 47.0 Å². The fourth-order valence-corrected chi connectivity index (χ4v) is 4.90. The molecule has 1 fully saturated rings. The summed E-state index contributed by atoms with van der Waals surface area (Å²) in [6.07, 6.45) is 7.47. The molecule has 1 aliphatic rings. The Morgan fingerprint density at radius 2 is 1.87 bits per heavy atom. The van der Waals surface area contributed by atoms with Gasteiger partial charge in [0.25, 0.3) is 0 Å². The summed E-state index contributed by atoms with van der Waals surface area (Å²) in [5, 5.41) is 10.6. The van der Waals surface area contributed by atoms with Crippen LogP contribution in [0.3, 0.4) is 0 Å². The van der Waals surface area contributed by atoms with Crippen molar-refractivity contribution in [1.82, 2.24) is 24.1 Å². The van der Waals surface area contributed by atoms with Gasteiger partial charge in [0.15, 0.2) is 5.16 Å². The maximum Gasteiger partial charge on any atom is 0.232 e. The van der Waals surface area contributed by atoms with Gasteiger partial charge in [-0.2, -0.15) is 0 Å². The normalized spacial score (nSPS) is 14.3. The van der Waals surface area contributed by atoms with Crippen LogP contribution in [0.5, 0.6) is 5.75 Å². The highest BCUT2D eigenvalue weighted by atomic mass is 35.5. The van der Waals surface area contributed by atoms with Gasteiger partial charge in [0.2, 0.25) is 5.95 Å². The second kappa shape index (κ2) is 8.80. The molecule has 160 valence electrons. The van der Waals surface area contributed by atoms with Gasteiger partial charge in [-0.3, -0.25) is 4.57 Å². The topological polar surface area (TPSA) is 60.5 Å². The quantitative estimate of drug-likeness (QED) is 0.388. The number of methoxy groups -OCH3 is 1. The minimum Gasteiger partial charge on any atom is -0.495 e. The first-order chi connectivity index (χ1) is 15.2. The number of piperidine rings is 1. The molecule has 5 rings (SSSR count). The molecule has 0 saturated carbocycles. The number of benzene rings is 1. The van der Waals surface area contributed by atoms with Crippen LogP contribution in [0.4, 0.5) is 5.95 Å². The smallest absolute Gasteiger partial charge is 0.232 e. The van der Waals surface area contributed by atoms with Crippen LogP contribution < -0.4 is 9.64 Å². The van der Waals surface area contributed by atoms with Gasteiger partial charge in [-0.25, -0.2) is 4.98 Å². The lowest BCUT2D eigenvalue weighted by atomic mass is 10.1. The first-order valence-corrected chi connectivity index (χ1v) is 11.7. The van der Waals surface area contributed by atoms with Gasteiger partial charge in [-0.15, -0.1) is 10.2 Å². The second-order valence-electron chi connectivity index (χ2n) is 7.47. The number of anilines is 1. The predicted molar refractivity (Wildman–Crippen MR) is 124 cm³/mol. The Labute approximate surface area is 190 Å². The molecular weight excluding hydrogens is 432 g/mol. The summed E-state index contributed by atoms with van der Waals surface area (Å²) in [4.78, 5) is 7.01. The molecule has 1 aliphatic heterocycles. The monoisotopic (exact) mass is 454 g/mol. The predicted octanol–water partition coefficient (Wildman–Crippen LogP) is 4.86. The molecule has 7 nitrogen and oxygen atoms in total. The molecule has 31 heavy (non-hydrogen) atoms. The van der Waals surface area contributed by atoms with E-state index in [1.165, 1.54) is 19.3 Å². The van der Waals surface area contributed by atoms with Gasteiger partial charge in [0.1, 0.15) is 11.4 Å². The molecule has 1 saturated heterocycles. The Morgan fingerprint density at radius 1 is 1.03 bits per heavy atom. The molecule has 0 unspecified atom stereocenters. The van der Waals surface area contributed by atoms with Crippen molar-refractivity contribution in [2.45, 2.75) is 30.2 Å². The van der Waals surface area contributed by atoms with Crippen molar-refractivity contribution in [1.29, 1.82) is 0 Å². The summed E-state index contributed by atoms with van der Waals surface area (Å²) in [6.45, 7) is 1.98. The molecule has 0 radical (unpaired) electrons. The third-order valence-corrected chi connectivity index (χ3v) is 6.58. The highest BCUT2D eigenvalue weighted by molar-refractivity contribution is 7.98. The number of hydrogen-bond acceptors (Lipinski definition) is 6. The number of para-hydroxylation sites is 2. The second-order valence-corrected chi connectivity index (χ2v) is 8.85. The Hall–Kier alpha value is -2.71. The maximum absolute atomic E-state index is 6.10. The molecule has 0 aliphatic carbocycles. The maximum atomic E-state index is 6.10. The van der Waals surface area contributed by atoms with E-state index in [0.29, 0.717) is 10.8 Å². The number of ether oxygens (including phenoxy) is 1. The SMILES string of the molecule is COc1ccccc1-n1c(SCc2cn3cc(Cl)ccc3n2)nnc1N1CCCCC1. The molecule has 0 amide bonds. The number of hydrogen-bond donors (Lipinski definition) is 0. The lowest BCUT2D eigenvalue weighted by Crippen LogP contribution is -2.31. The van der Waals surface area contributed by atoms with Crippen molar-refractivity contribution in [3.63, 3.8) is 0 Å². The summed E-state index contributed by atoms with van der Waals surface area (Å²) in [6, 6.07) is 11.8. The van der Waals surface area contributed by atoms with E-state index in [1.807, 2.05) is 53.2 Å². The van der Waals surface area contributed by atoms with Gasteiger partial charge < -0.3 is 14.0 Å². The molecule has 0 N–H and O–H groups in total. The van der Waals surface area contributed by atoms with Gasteiger partial charge >= 0.3 is 0 Å². The van der Waals surface area contributed by atoms with Gasteiger partial charge in [0.05, 0.1) is 23.5 Å². The van der Waals surface area contributed by atoms with E-state index in [2.05, 4.69) is 19.7 Å². The number of rotatable bonds is 6. The molecular formula is C22H23ClN6OS. The number of fused-ring (bicyclic) bond motifs is 1. The Kier molecular flexibility index (Phi) is 5.74. The van der Waals surface area contributed by atoms with Crippen molar-refractivity contribution in [3.8, 4) is 11.4 Å². The van der Waals surface area contributed by atoms with E-state index >= 15 is 0 Å². The van der Waals surface area contributed by atoms with E-state index < -0.39 is 0 Å². The molecule has 1 aromatic carbocycles. The summed E-state index contributed by atoms with van der Waals surface area (Å²) >= 11 is 7.72. The first kappa shape index (κ1) is 20.2. The average Bonchev–Trinajstić information content (AvgIpc) is 3.41. The minimum atomic E-state index is 0.673. The van der Waals surface area contributed by atoms with E-state index in [1.54, 1.807) is 18.9 Å². The highest BCUT2D eigenvalue weighted by Gasteiger charge is 2.23. The summed E-state index contributed by atoms with van der Waals surface area (Å²) in [5.41, 5.74) is 2.78. The van der Waals surface area contributed by atoms with Crippen molar-refractivity contribution >= 4 is 35.0 Å². The van der Waals surface area contributed by atoms with Gasteiger partial charge in [-0.05, 0) is 43.5 Å². The van der Waals surface area contributed by atoms with Crippen LogP contribution >= 0.6 is 23.4 Å². The molecule has 0 atom stereocenters. The molecule has 4 heterocycles. The number of aromatic nitrogens is 5. The molecule has 3 aromatic heterocycles. The lowest BCUT2D eigenvalue weighted by molar-refractivity contribution is 0.412. The summed E-state index contributed by atoms with van der Waals surface area (Å²) < 4.78 is 9.71. The first-order valence-electron chi connectivity index (χ1n) is 10.3. The number of halogens is 1. The van der Waals surface area contributed by atoms with Crippen LogP contribution in [0.25, 0.3) is 11.3 Å². The van der Waals surface area contributed by atoms with Crippen molar-refractivity contribution in [2.24, 2.45) is 0 Å². The van der Waals surface area contributed by atoms with E-state index in [4.69, 9.17) is 21.3 Å². The Morgan fingerprint density at radius 3 is 2.71 bits per heavy atom. The van der Waals surface area contributed by atoms with Crippen LogP contribution in [-0.4, -0.2) is 44.3 Å². The fourth-order valence-electron chi connectivity index (χ4n) is 3.90. The zero-order chi connectivity index (χ0) is 21.2. The van der Waals surface area contributed by atoms with Crippen LogP contribution in [0.15, 0.2) is 53.9 Å². The lowest BCUT2D eigenvalue weighted by Gasteiger charge is -2.28. The average molecular weight is 455 g/mol. The molecule has 4 aromatic rings. The Balaban J connectivity index is 1.49. The number of thioether (sulfide) groups is 1. The zero-order valence-corrected chi connectivity index (χ0v) is 18.8. The fraction of sp³-hybridized carbons (Fsp3) is 0.318. The number of pyridine rings is 1. The highest BCUT2D eigenvalue weighted by Crippen LogP contribution is 2.33.